The van der Waals surface area contributed by atoms with Crippen LogP contribution >= 0.6 is 23.1 Å². The molecule has 2 aromatic rings. The van der Waals surface area contributed by atoms with Crippen LogP contribution in [0.1, 0.15) is 42.5 Å². The highest BCUT2D eigenvalue weighted by Crippen LogP contribution is 2.39. The molecular weight excluding hydrogens is 414 g/mol. The minimum atomic E-state index is -3.01. The zero-order valence-corrected chi connectivity index (χ0v) is 18.7. The van der Waals surface area contributed by atoms with Crippen molar-refractivity contribution in [2.24, 2.45) is 0 Å². The van der Waals surface area contributed by atoms with Crippen LogP contribution in [0.5, 0.6) is 0 Å². The summed E-state index contributed by atoms with van der Waals surface area (Å²) >= 11 is 3.23. The normalized spacial score (nSPS) is 21.0. The van der Waals surface area contributed by atoms with E-state index in [-0.39, 0.29) is 29.2 Å². The van der Waals surface area contributed by atoms with Gasteiger partial charge in [-0.25, -0.2) is 18.4 Å². The Morgan fingerprint density at radius 1 is 1.29 bits per heavy atom. The predicted molar refractivity (Wildman–Crippen MR) is 114 cm³/mol. The van der Waals surface area contributed by atoms with Gasteiger partial charge in [-0.15, -0.1) is 11.3 Å². The molecule has 0 spiro atoms. The molecule has 0 radical (unpaired) electrons. The molecule has 0 bridgehead atoms. The van der Waals surface area contributed by atoms with Crippen LogP contribution in [0.15, 0.2) is 5.03 Å². The predicted octanol–water partition coefficient (Wildman–Crippen LogP) is 3.01. The zero-order chi connectivity index (χ0) is 19.9. The number of amides is 1. The molecule has 0 N–H and O–H groups in total. The van der Waals surface area contributed by atoms with Crippen molar-refractivity contribution in [1.29, 1.82) is 0 Å². The maximum atomic E-state index is 12.9. The summed E-state index contributed by atoms with van der Waals surface area (Å²) in [6.07, 6.45) is 5.13. The molecule has 28 heavy (non-hydrogen) atoms. The molecule has 1 aliphatic carbocycles. The van der Waals surface area contributed by atoms with Gasteiger partial charge in [0.2, 0.25) is 5.91 Å². The Kier molecular flexibility index (Phi) is 5.68. The Hall–Kier alpha value is -1.19. The van der Waals surface area contributed by atoms with E-state index in [9.17, 15) is 13.2 Å². The molecule has 1 atom stereocenters. The number of hydrogen-bond acceptors (Lipinski definition) is 7. The van der Waals surface area contributed by atoms with Crippen molar-refractivity contribution in [3.63, 3.8) is 0 Å². The van der Waals surface area contributed by atoms with E-state index in [1.54, 1.807) is 16.2 Å². The van der Waals surface area contributed by atoms with Gasteiger partial charge in [0.15, 0.2) is 9.84 Å². The van der Waals surface area contributed by atoms with Crippen LogP contribution in [0, 0.1) is 6.92 Å². The van der Waals surface area contributed by atoms with Crippen molar-refractivity contribution in [2.75, 3.05) is 23.8 Å². The van der Waals surface area contributed by atoms with Crippen molar-refractivity contribution < 1.29 is 13.2 Å². The van der Waals surface area contributed by atoms with E-state index in [2.05, 4.69) is 9.97 Å². The minimum absolute atomic E-state index is 0.0110. The molecule has 1 aliphatic heterocycles. The number of aromatic nitrogens is 2. The number of hydrogen-bond donors (Lipinski definition) is 0. The fourth-order valence-corrected chi connectivity index (χ4v) is 8.29. The summed E-state index contributed by atoms with van der Waals surface area (Å²) in [5.41, 5.74) is 1.37. The Morgan fingerprint density at radius 2 is 2.07 bits per heavy atom. The maximum absolute atomic E-state index is 12.9. The summed E-state index contributed by atoms with van der Waals surface area (Å²) in [4.78, 5) is 26.3. The van der Waals surface area contributed by atoms with Crippen LogP contribution < -0.4 is 0 Å². The first-order valence-electron chi connectivity index (χ1n) is 9.79. The second-order valence-electron chi connectivity index (χ2n) is 7.49. The minimum Gasteiger partial charge on any atom is -0.338 e. The van der Waals surface area contributed by atoms with Gasteiger partial charge in [0.05, 0.1) is 17.3 Å². The quantitative estimate of drug-likeness (QED) is 0.526. The number of rotatable bonds is 5. The molecule has 0 unspecified atom stereocenters. The third-order valence-corrected chi connectivity index (χ3v) is 9.43. The van der Waals surface area contributed by atoms with Crippen molar-refractivity contribution in [3.8, 4) is 0 Å². The van der Waals surface area contributed by atoms with Crippen LogP contribution in [0.2, 0.25) is 0 Å². The van der Waals surface area contributed by atoms with Crippen molar-refractivity contribution >= 4 is 49.1 Å². The molecule has 6 nitrogen and oxygen atoms in total. The molecular formula is C19H25N3O3S3. The van der Waals surface area contributed by atoms with Gasteiger partial charge in [0, 0.05) is 22.8 Å². The van der Waals surface area contributed by atoms with E-state index in [0.29, 0.717) is 13.0 Å². The fraction of sp³-hybridized carbons (Fsp3) is 0.632. The fourth-order valence-electron chi connectivity index (χ4n) is 4.20. The molecule has 3 heterocycles. The van der Waals surface area contributed by atoms with Crippen molar-refractivity contribution in [1.82, 2.24) is 14.9 Å². The lowest BCUT2D eigenvalue weighted by Gasteiger charge is -2.26. The number of nitrogens with zero attached hydrogens (tertiary/aromatic N) is 3. The largest absolute Gasteiger partial charge is 0.338 e. The van der Waals surface area contributed by atoms with Crippen LogP contribution in [-0.4, -0.2) is 59.0 Å². The summed E-state index contributed by atoms with van der Waals surface area (Å²) in [6.45, 7) is 4.34. The molecule has 1 fully saturated rings. The molecule has 4 rings (SSSR count). The van der Waals surface area contributed by atoms with E-state index >= 15 is 0 Å². The summed E-state index contributed by atoms with van der Waals surface area (Å²) in [7, 11) is -3.01. The number of aryl methyl sites for hydroxylation is 3. The molecule has 0 aromatic carbocycles. The summed E-state index contributed by atoms with van der Waals surface area (Å²) in [5, 5.41) is 2.03. The third kappa shape index (κ3) is 3.93. The van der Waals surface area contributed by atoms with E-state index in [1.165, 1.54) is 35.0 Å². The monoisotopic (exact) mass is 439 g/mol. The number of carbonyl (C=O) groups is 1. The summed E-state index contributed by atoms with van der Waals surface area (Å²) < 4.78 is 23.6. The summed E-state index contributed by atoms with van der Waals surface area (Å²) in [5.74, 6) is 1.27. The second-order valence-corrected chi connectivity index (χ2v) is 11.8. The average molecular weight is 440 g/mol. The van der Waals surface area contributed by atoms with Gasteiger partial charge in [0.1, 0.15) is 15.7 Å². The van der Waals surface area contributed by atoms with Gasteiger partial charge in [-0.1, -0.05) is 11.8 Å². The maximum Gasteiger partial charge on any atom is 0.233 e. The first-order valence-corrected chi connectivity index (χ1v) is 13.4. The molecule has 1 saturated heterocycles. The zero-order valence-electron chi connectivity index (χ0n) is 16.2. The van der Waals surface area contributed by atoms with E-state index in [1.807, 2.05) is 13.8 Å². The van der Waals surface area contributed by atoms with E-state index < -0.39 is 9.84 Å². The molecule has 1 amide bonds. The van der Waals surface area contributed by atoms with Gasteiger partial charge >= 0.3 is 0 Å². The Balaban J connectivity index is 1.55. The lowest BCUT2D eigenvalue weighted by atomic mass is 9.97. The smallest absolute Gasteiger partial charge is 0.233 e. The van der Waals surface area contributed by atoms with Gasteiger partial charge in [-0.3, -0.25) is 4.79 Å². The summed E-state index contributed by atoms with van der Waals surface area (Å²) in [6, 6.07) is -0.191. The number of thioether (sulfide) groups is 1. The lowest BCUT2D eigenvalue weighted by molar-refractivity contribution is -0.129. The SMILES string of the molecule is CCN(C(=O)CSc1nc(C)nc2sc3c(c12)CCCC3)[C@@H]1CCS(=O)(=O)C1. The third-order valence-electron chi connectivity index (χ3n) is 5.54. The highest BCUT2D eigenvalue weighted by atomic mass is 32.2. The van der Waals surface area contributed by atoms with Crippen LogP contribution in [-0.2, 0) is 27.5 Å². The average Bonchev–Trinajstić information content (AvgIpc) is 3.19. The number of sulfone groups is 1. The van der Waals surface area contributed by atoms with Crippen molar-refractivity contribution in [3.05, 3.63) is 16.3 Å². The Bertz CT molecular complexity index is 1020. The first kappa shape index (κ1) is 20.1. The standard InChI is InChI=1S/C19H25N3O3S3/c1-3-22(13-8-9-28(24,25)11-13)16(23)10-26-18-17-14-6-4-5-7-15(14)27-19(17)21-12(2)20-18/h13H,3-11H2,1-2H3/t13-/m1/s1. The van der Waals surface area contributed by atoms with Crippen LogP contribution in [0.3, 0.4) is 0 Å². The molecule has 2 aromatic heterocycles. The Labute approximate surface area is 174 Å². The highest BCUT2D eigenvalue weighted by molar-refractivity contribution is 8.00. The first-order chi connectivity index (χ1) is 13.4. The number of fused-ring (bicyclic) bond motifs is 3. The lowest BCUT2D eigenvalue weighted by Crippen LogP contribution is -2.41. The van der Waals surface area contributed by atoms with Gasteiger partial charge in [-0.2, -0.15) is 0 Å². The Morgan fingerprint density at radius 3 is 2.79 bits per heavy atom. The van der Waals surface area contributed by atoms with Crippen molar-refractivity contribution in [2.45, 2.75) is 57.0 Å². The van der Waals surface area contributed by atoms with E-state index in [0.717, 1.165) is 33.9 Å². The van der Waals surface area contributed by atoms with Gasteiger partial charge in [0.25, 0.3) is 0 Å². The number of carbonyl (C=O) groups excluding carboxylic acids is 1. The second kappa shape index (κ2) is 7.91. The van der Waals surface area contributed by atoms with Gasteiger partial charge < -0.3 is 4.90 Å². The van der Waals surface area contributed by atoms with Gasteiger partial charge in [-0.05, 0) is 51.5 Å². The van der Waals surface area contributed by atoms with E-state index in [4.69, 9.17) is 0 Å². The van der Waals surface area contributed by atoms with Crippen LogP contribution in [0.25, 0.3) is 10.2 Å². The molecule has 152 valence electrons. The molecule has 9 heteroatoms. The highest BCUT2D eigenvalue weighted by Gasteiger charge is 2.34. The molecule has 2 aliphatic rings. The molecule has 0 saturated carbocycles. The van der Waals surface area contributed by atoms with Crippen LogP contribution in [0.4, 0.5) is 0 Å². The number of thiophene rings is 1. The topological polar surface area (TPSA) is 80.2 Å².